The molecule has 5 nitrogen and oxygen atoms in total. The van der Waals surface area contributed by atoms with Crippen LogP contribution >= 0.6 is 0 Å². The highest BCUT2D eigenvalue weighted by Crippen LogP contribution is 2.25. The van der Waals surface area contributed by atoms with E-state index in [-0.39, 0.29) is 5.91 Å². The summed E-state index contributed by atoms with van der Waals surface area (Å²) in [5.41, 5.74) is 1.85. The maximum Gasteiger partial charge on any atom is 0.238 e. The van der Waals surface area contributed by atoms with E-state index in [9.17, 15) is 4.79 Å². The number of likely N-dealkylation sites (tertiary alicyclic amines) is 1. The van der Waals surface area contributed by atoms with Crippen LogP contribution in [-0.2, 0) is 4.79 Å². The SMILES string of the molecule is CNCC1CCCN(CC(=O)Nc2cc(C)ccc2OC)C1. The van der Waals surface area contributed by atoms with E-state index >= 15 is 0 Å². The summed E-state index contributed by atoms with van der Waals surface area (Å²) >= 11 is 0. The predicted molar refractivity (Wildman–Crippen MR) is 89.5 cm³/mol. The number of rotatable bonds is 6. The number of anilines is 1. The van der Waals surface area contributed by atoms with Crippen molar-refractivity contribution in [1.29, 1.82) is 0 Å². The zero-order valence-corrected chi connectivity index (χ0v) is 13.8. The number of carbonyl (C=O) groups excluding carboxylic acids is 1. The second-order valence-corrected chi connectivity index (χ2v) is 6.05. The molecule has 1 aliphatic heterocycles. The Balaban J connectivity index is 1.91. The lowest BCUT2D eigenvalue weighted by molar-refractivity contribution is -0.117. The van der Waals surface area contributed by atoms with Gasteiger partial charge in [-0.2, -0.15) is 0 Å². The molecule has 22 heavy (non-hydrogen) atoms. The molecule has 122 valence electrons. The quantitative estimate of drug-likeness (QED) is 0.842. The minimum Gasteiger partial charge on any atom is -0.495 e. The van der Waals surface area contributed by atoms with Crippen LogP contribution in [0.1, 0.15) is 18.4 Å². The van der Waals surface area contributed by atoms with Gasteiger partial charge < -0.3 is 15.4 Å². The van der Waals surface area contributed by atoms with Crippen LogP contribution in [0.3, 0.4) is 0 Å². The Morgan fingerprint density at radius 2 is 2.27 bits per heavy atom. The molecule has 0 bridgehead atoms. The molecule has 1 fully saturated rings. The summed E-state index contributed by atoms with van der Waals surface area (Å²) in [6, 6.07) is 5.80. The lowest BCUT2D eigenvalue weighted by Crippen LogP contribution is -2.42. The molecule has 1 saturated heterocycles. The van der Waals surface area contributed by atoms with Gasteiger partial charge in [-0.3, -0.25) is 9.69 Å². The van der Waals surface area contributed by atoms with Crippen molar-refractivity contribution in [3.8, 4) is 5.75 Å². The lowest BCUT2D eigenvalue weighted by Gasteiger charge is -2.32. The molecule has 1 atom stereocenters. The third kappa shape index (κ3) is 4.71. The number of aryl methyl sites for hydroxylation is 1. The number of amides is 1. The molecule has 0 spiro atoms. The molecule has 1 aromatic carbocycles. The molecule has 5 heteroatoms. The van der Waals surface area contributed by atoms with E-state index in [1.165, 1.54) is 6.42 Å². The summed E-state index contributed by atoms with van der Waals surface area (Å²) in [5, 5.41) is 6.20. The molecule has 1 unspecified atom stereocenters. The fourth-order valence-electron chi connectivity index (χ4n) is 3.06. The highest BCUT2D eigenvalue weighted by atomic mass is 16.5. The second kappa shape index (κ2) is 8.15. The smallest absolute Gasteiger partial charge is 0.238 e. The molecular formula is C17H27N3O2. The molecular weight excluding hydrogens is 278 g/mol. The summed E-state index contributed by atoms with van der Waals surface area (Å²) in [6.07, 6.45) is 2.40. The number of nitrogens with one attached hydrogen (secondary N) is 2. The van der Waals surface area contributed by atoms with E-state index in [4.69, 9.17) is 4.74 Å². The summed E-state index contributed by atoms with van der Waals surface area (Å²) in [5.74, 6) is 1.36. The van der Waals surface area contributed by atoms with Gasteiger partial charge in [0.1, 0.15) is 5.75 Å². The highest BCUT2D eigenvalue weighted by molar-refractivity contribution is 5.93. The third-order valence-electron chi connectivity index (χ3n) is 4.09. The van der Waals surface area contributed by atoms with Gasteiger partial charge in [-0.1, -0.05) is 6.07 Å². The van der Waals surface area contributed by atoms with Crippen LogP contribution in [0.2, 0.25) is 0 Å². The van der Waals surface area contributed by atoms with Crippen molar-refractivity contribution < 1.29 is 9.53 Å². The fraction of sp³-hybridized carbons (Fsp3) is 0.588. The average Bonchev–Trinajstić information content (AvgIpc) is 2.48. The topological polar surface area (TPSA) is 53.6 Å². The van der Waals surface area contributed by atoms with Crippen LogP contribution in [0.5, 0.6) is 5.75 Å². The standard InChI is InChI=1S/C17H27N3O2/c1-13-6-7-16(22-3)15(9-13)19-17(21)12-20-8-4-5-14(11-20)10-18-2/h6-7,9,14,18H,4-5,8,10-12H2,1-3H3,(H,19,21). The van der Waals surface area contributed by atoms with Crippen LogP contribution in [0, 0.1) is 12.8 Å². The zero-order valence-electron chi connectivity index (χ0n) is 13.8. The molecule has 0 aliphatic carbocycles. The molecule has 1 amide bonds. The van der Waals surface area contributed by atoms with Gasteiger partial charge in [-0.15, -0.1) is 0 Å². The monoisotopic (exact) mass is 305 g/mol. The van der Waals surface area contributed by atoms with E-state index in [0.29, 0.717) is 18.2 Å². The number of ether oxygens (including phenoxy) is 1. The van der Waals surface area contributed by atoms with Crippen LogP contribution in [0.4, 0.5) is 5.69 Å². The minimum absolute atomic E-state index is 0.0222. The van der Waals surface area contributed by atoms with Crippen molar-refractivity contribution in [2.45, 2.75) is 19.8 Å². The van der Waals surface area contributed by atoms with E-state index in [1.54, 1.807) is 7.11 Å². The van der Waals surface area contributed by atoms with E-state index < -0.39 is 0 Å². The maximum atomic E-state index is 12.3. The molecule has 0 radical (unpaired) electrons. The van der Waals surface area contributed by atoms with E-state index in [1.807, 2.05) is 32.2 Å². The first-order valence-electron chi connectivity index (χ1n) is 7.94. The van der Waals surface area contributed by atoms with Gasteiger partial charge in [-0.25, -0.2) is 0 Å². The number of nitrogens with zero attached hydrogens (tertiary/aromatic N) is 1. The van der Waals surface area contributed by atoms with Gasteiger partial charge in [0.2, 0.25) is 5.91 Å². The van der Waals surface area contributed by atoms with Crippen molar-refractivity contribution in [3.63, 3.8) is 0 Å². The van der Waals surface area contributed by atoms with Gasteiger partial charge in [0.15, 0.2) is 0 Å². The Bertz CT molecular complexity index is 503. The van der Waals surface area contributed by atoms with E-state index in [2.05, 4.69) is 15.5 Å². The molecule has 1 heterocycles. The predicted octanol–water partition coefficient (Wildman–Crippen LogP) is 1.87. The number of piperidine rings is 1. The van der Waals surface area contributed by atoms with E-state index in [0.717, 1.165) is 37.3 Å². The van der Waals surface area contributed by atoms with Crippen LogP contribution in [-0.4, -0.2) is 51.1 Å². The summed E-state index contributed by atoms with van der Waals surface area (Å²) in [4.78, 5) is 14.5. The normalized spacial score (nSPS) is 19.0. The Kier molecular flexibility index (Phi) is 6.21. The first kappa shape index (κ1) is 16.8. The Hall–Kier alpha value is -1.59. The summed E-state index contributed by atoms with van der Waals surface area (Å²) < 4.78 is 5.30. The number of carbonyl (C=O) groups is 1. The van der Waals surface area contributed by atoms with Crippen LogP contribution in [0.25, 0.3) is 0 Å². The van der Waals surface area contributed by atoms with Gasteiger partial charge >= 0.3 is 0 Å². The molecule has 0 saturated carbocycles. The largest absolute Gasteiger partial charge is 0.495 e. The zero-order chi connectivity index (χ0) is 15.9. The van der Waals surface area contributed by atoms with Crippen LogP contribution in [0.15, 0.2) is 18.2 Å². The van der Waals surface area contributed by atoms with Crippen molar-refractivity contribution in [2.75, 3.05) is 45.7 Å². The Morgan fingerprint density at radius 3 is 3.00 bits per heavy atom. The first-order chi connectivity index (χ1) is 10.6. The molecule has 1 aromatic rings. The lowest BCUT2D eigenvalue weighted by atomic mass is 9.98. The summed E-state index contributed by atoms with van der Waals surface area (Å²) in [7, 11) is 3.60. The number of hydrogen-bond acceptors (Lipinski definition) is 4. The molecule has 1 aliphatic rings. The van der Waals surface area contributed by atoms with Crippen molar-refractivity contribution in [3.05, 3.63) is 23.8 Å². The Morgan fingerprint density at radius 1 is 1.45 bits per heavy atom. The molecule has 2 N–H and O–H groups in total. The first-order valence-corrected chi connectivity index (χ1v) is 7.94. The molecule has 2 rings (SSSR count). The average molecular weight is 305 g/mol. The third-order valence-corrected chi connectivity index (χ3v) is 4.09. The minimum atomic E-state index is 0.0222. The second-order valence-electron chi connectivity index (χ2n) is 6.05. The highest BCUT2D eigenvalue weighted by Gasteiger charge is 2.21. The number of hydrogen-bond donors (Lipinski definition) is 2. The maximum absolute atomic E-state index is 12.3. The Labute approximate surface area is 133 Å². The number of benzene rings is 1. The van der Waals surface area contributed by atoms with Gasteiger partial charge in [-0.05, 0) is 63.5 Å². The van der Waals surface area contributed by atoms with Crippen LogP contribution < -0.4 is 15.4 Å². The van der Waals surface area contributed by atoms with Crippen molar-refractivity contribution >= 4 is 11.6 Å². The van der Waals surface area contributed by atoms with Gasteiger partial charge in [0.05, 0.1) is 19.3 Å². The van der Waals surface area contributed by atoms with Gasteiger partial charge in [0, 0.05) is 6.54 Å². The van der Waals surface area contributed by atoms with Crippen molar-refractivity contribution in [2.24, 2.45) is 5.92 Å². The fourth-order valence-corrected chi connectivity index (χ4v) is 3.06. The van der Waals surface area contributed by atoms with Gasteiger partial charge in [0.25, 0.3) is 0 Å². The summed E-state index contributed by atoms with van der Waals surface area (Å²) in [6.45, 7) is 5.45. The van der Waals surface area contributed by atoms with Crippen molar-refractivity contribution in [1.82, 2.24) is 10.2 Å². The number of methoxy groups -OCH3 is 1. The molecule has 0 aromatic heterocycles.